The largest absolute Gasteiger partial charge is 0.506 e. The molecule has 3 amide bonds. The summed E-state index contributed by atoms with van der Waals surface area (Å²) in [7, 11) is 0. The van der Waals surface area contributed by atoms with E-state index in [2.05, 4.69) is 52.4 Å². The van der Waals surface area contributed by atoms with Crippen molar-refractivity contribution >= 4 is 55.3 Å². The number of nitrogens with two attached hydrogens (primary N) is 1. The van der Waals surface area contributed by atoms with Crippen molar-refractivity contribution in [3.63, 3.8) is 0 Å². The quantitative estimate of drug-likeness (QED) is 0.167. The molecule has 2 aromatic carbocycles. The molecule has 0 unspecified atom stereocenters. The maximum absolute atomic E-state index is 13.9. The highest BCUT2D eigenvalue weighted by Gasteiger charge is 2.31. The van der Waals surface area contributed by atoms with Gasteiger partial charge in [0, 0.05) is 57.1 Å². The third-order valence-electron chi connectivity index (χ3n) is 8.13. The number of phenols is 1. The SMILES string of the molecule is NCCCC[C@H](NC(=O)[C@@H](Cc1cc(Br)c(O)c(Br)c1)NC(=O)CCCc1ccc(F)cc1)C(=O)N1CCN(c2ccncc2)CC1. The topological polar surface area (TPSA) is 141 Å². The number of carbonyl (C=O) groups is 3. The molecule has 2 heterocycles. The molecule has 1 aliphatic heterocycles. The number of carbonyl (C=O) groups excluding carboxylic acids is 3. The van der Waals surface area contributed by atoms with Gasteiger partial charge in [0.25, 0.3) is 0 Å². The van der Waals surface area contributed by atoms with Gasteiger partial charge in [-0.2, -0.15) is 0 Å². The minimum atomic E-state index is -0.981. The standard InChI is InChI=1S/C34H41Br2FN6O4/c35-27-20-24(21-28(36)32(27)45)22-30(40-31(44)6-3-4-23-7-9-25(37)10-8-23)33(46)41-29(5-1-2-13-38)34(47)43-18-16-42(17-19-43)26-11-14-39-15-12-26/h7-12,14-15,20-21,29-30,45H,1-6,13,16-19,22,38H2,(H,40,44)(H,41,46)/t29-,30+/m0/s1. The van der Waals surface area contributed by atoms with Crippen LogP contribution < -0.4 is 21.3 Å². The van der Waals surface area contributed by atoms with E-state index in [0.29, 0.717) is 79.3 Å². The van der Waals surface area contributed by atoms with E-state index in [4.69, 9.17) is 5.73 Å². The van der Waals surface area contributed by atoms with Crippen LogP contribution in [-0.2, 0) is 27.2 Å². The van der Waals surface area contributed by atoms with Crippen LogP contribution in [0.4, 0.5) is 10.1 Å². The van der Waals surface area contributed by atoms with Crippen LogP contribution in [0.1, 0.15) is 43.2 Å². The lowest BCUT2D eigenvalue weighted by Crippen LogP contribution is -2.57. The molecule has 0 aliphatic carbocycles. The first-order valence-electron chi connectivity index (χ1n) is 15.8. The number of hydrogen-bond acceptors (Lipinski definition) is 7. The van der Waals surface area contributed by atoms with Crippen LogP contribution in [0.3, 0.4) is 0 Å². The highest BCUT2D eigenvalue weighted by molar-refractivity contribution is 9.11. The maximum Gasteiger partial charge on any atom is 0.245 e. The lowest BCUT2D eigenvalue weighted by Gasteiger charge is -2.37. The second-order valence-electron chi connectivity index (χ2n) is 11.6. The Balaban J connectivity index is 1.45. The average Bonchev–Trinajstić information content (AvgIpc) is 3.07. The third kappa shape index (κ3) is 11.0. The summed E-state index contributed by atoms with van der Waals surface area (Å²) in [4.78, 5) is 48.8. The summed E-state index contributed by atoms with van der Waals surface area (Å²) >= 11 is 6.67. The van der Waals surface area contributed by atoms with Crippen molar-refractivity contribution in [3.05, 3.63) is 86.8 Å². The Hall–Kier alpha value is -3.55. The summed E-state index contributed by atoms with van der Waals surface area (Å²) in [6.45, 7) is 2.80. The lowest BCUT2D eigenvalue weighted by atomic mass is 10.0. The van der Waals surface area contributed by atoms with Crippen LogP contribution in [0.15, 0.2) is 69.9 Å². The van der Waals surface area contributed by atoms with E-state index in [9.17, 15) is 23.9 Å². The fourth-order valence-corrected chi connectivity index (χ4v) is 6.82. The molecule has 1 saturated heterocycles. The number of halogens is 3. The van der Waals surface area contributed by atoms with Crippen molar-refractivity contribution in [2.75, 3.05) is 37.6 Å². The molecule has 0 radical (unpaired) electrons. The van der Waals surface area contributed by atoms with E-state index >= 15 is 0 Å². The Kier molecular flexibility index (Phi) is 14.0. The second kappa shape index (κ2) is 18.1. The minimum absolute atomic E-state index is 0.0224. The van der Waals surface area contributed by atoms with E-state index in [0.717, 1.165) is 11.3 Å². The molecule has 13 heteroatoms. The van der Waals surface area contributed by atoms with Crippen molar-refractivity contribution in [2.24, 2.45) is 5.73 Å². The normalized spacial score (nSPS) is 14.4. The van der Waals surface area contributed by atoms with Crippen LogP contribution >= 0.6 is 31.9 Å². The van der Waals surface area contributed by atoms with Crippen molar-refractivity contribution in [2.45, 2.75) is 57.0 Å². The number of phenolic OH excluding ortho intramolecular Hbond substituents is 1. The molecule has 3 aromatic rings. The van der Waals surface area contributed by atoms with Gasteiger partial charge in [-0.25, -0.2) is 4.39 Å². The molecular formula is C34H41Br2FN6O4. The monoisotopic (exact) mass is 774 g/mol. The zero-order valence-electron chi connectivity index (χ0n) is 26.1. The Morgan fingerprint density at radius 2 is 1.55 bits per heavy atom. The molecule has 10 nitrogen and oxygen atoms in total. The third-order valence-corrected chi connectivity index (χ3v) is 9.34. The van der Waals surface area contributed by atoms with Crippen LogP contribution in [0, 0.1) is 5.82 Å². The minimum Gasteiger partial charge on any atom is -0.506 e. The zero-order valence-corrected chi connectivity index (χ0v) is 29.3. The molecule has 4 rings (SSSR count). The lowest BCUT2D eigenvalue weighted by molar-refractivity contribution is -0.137. The zero-order chi connectivity index (χ0) is 33.8. The maximum atomic E-state index is 13.9. The summed E-state index contributed by atoms with van der Waals surface area (Å²) in [6, 6.07) is 11.6. The first-order chi connectivity index (χ1) is 22.6. The molecule has 1 aliphatic rings. The molecule has 1 aromatic heterocycles. The number of piperazine rings is 1. The van der Waals surface area contributed by atoms with Gasteiger partial charge in [0.05, 0.1) is 8.95 Å². The number of nitrogens with one attached hydrogen (secondary N) is 2. The number of hydrogen-bond donors (Lipinski definition) is 4. The number of unbranched alkanes of at least 4 members (excludes halogenated alkanes) is 1. The number of aromatic hydroxyl groups is 1. The highest BCUT2D eigenvalue weighted by atomic mass is 79.9. The van der Waals surface area contributed by atoms with E-state index in [-0.39, 0.29) is 36.2 Å². The van der Waals surface area contributed by atoms with Crippen LogP contribution in [-0.4, -0.2) is 77.5 Å². The van der Waals surface area contributed by atoms with Gasteiger partial charge in [-0.3, -0.25) is 19.4 Å². The summed E-state index contributed by atoms with van der Waals surface area (Å²) in [5.74, 6) is -1.25. The number of amides is 3. The van der Waals surface area contributed by atoms with Crippen LogP contribution in [0.5, 0.6) is 5.75 Å². The predicted molar refractivity (Wildman–Crippen MR) is 186 cm³/mol. The fraction of sp³-hybridized carbons (Fsp3) is 0.412. The number of anilines is 1. The van der Waals surface area contributed by atoms with Gasteiger partial charge in [0.1, 0.15) is 23.7 Å². The summed E-state index contributed by atoms with van der Waals surface area (Å²) in [5.41, 5.74) is 8.37. The molecule has 1 fully saturated rings. The first kappa shape index (κ1) is 36.3. The molecule has 0 saturated carbocycles. The Morgan fingerprint density at radius 1 is 0.894 bits per heavy atom. The van der Waals surface area contributed by atoms with Gasteiger partial charge in [-0.05, 0) is 118 Å². The molecule has 0 spiro atoms. The van der Waals surface area contributed by atoms with E-state index in [1.807, 2.05) is 12.1 Å². The average molecular weight is 777 g/mol. The first-order valence-corrected chi connectivity index (χ1v) is 17.4. The highest BCUT2D eigenvalue weighted by Crippen LogP contribution is 2.33. The molecule has 0 bridgehead atoms. The smallest absolute Gasteiger partial charge is 0.245 e. The molecular weight excluding hydrogens is 735 g/mol. The van der Waals surface area contributed by atoms with Crippen molar-refractivity contribution in [1.29, 1.82) is 0 Å². The van der Waals surface area contributed by atoms with E-state index in [1.54, 1.807) is 41.6 Å². The molecule has 47 heavy (non-hydrogen) atoms. The van der Waals surface area contributed by atoms with Gasteiger partial charge in [0.2, 0.25) is 17.7 Å². The molecule has 2 atom stereocenters. The second-order valence-corrected chi connectivity index (χ2v) is 13.3. The van der Waals surface area contributed by atoms with Gasteiger partial charge >= 0.3 is 0 Å². The summed E-state index contributed by atoms with van der Waals surface area (Å²) in [6.07, 6.45) is 6.63. The number of rotatable bonds is 15. The summed E-state index contributed by atoms with van der Waals surface area (Å²) in [5, 5.41) is 16.0. The van der Waals surface area contributed by atoms with Crippen LogP contribution in [0.25, 0.3) is 0 Å². The Bertz CT molecular complexity index is 1470. The fourth-order valence-electron chi connectivity index (χ4n) is 5.53. The predicted octanol–water partition coefficient (Wildman–Crippen LogP) is 4.46. The van der Waals surface area contributed by atoms with Gasteiger partial charge in [-0.1, -0.05) is 12.1 Å². The van der Waals surface area contributed by atoms with Crippen molar-refractivity contribution in [1.82, 2.24) is 20.5 Å². The molecule has 252 valence electrons. The summed E-state index contributed by atoms with van der Waals surface area (Å²) < 4.78 is 14.1. The van der Waals surface area contributed by atoms with Crippen molar-refractivity contribution in [3.8, 4) is 5.75 Å². The van der Waals surface area contributed by atoms with Gasteiger partial charge in [0.15, 0.2) is 0 Å². The number of benzene rings is 2. The van der Waals surface area contributed by atoms with Crippen LogP contribution in [0.2, 0.25) is 0 Å². The number of aryl methyl sites for hydroxylation is 1. The Labute approximate surface area is 291 Å². The van der Waals surface area contributed by atoms with E-state index in [1.165, 1.54) is 12.1 Å². The van der Waals surface area contributed by atoms with Gasteiger partial charge in [-0.15, -0.1) is 0 Å². The number of nitrogens with zero attached hydrogens (tertiary/aromatic N) is 3. The Morgan fingerprint density at radius 3 is 2.19 bits per heavy atom. The van der Waals surface area contributed by atoms with E-state index < -0.39 is 18.0 Å². The van der Waals surface area contributed by atoms with Crippen molar-refractivity contribution < 1.29 is 23.9 Å². The van der Waals surface area contributed by atoms with Gasteiger partial charge < -0.3 is 31.3 Å². The number of pyridine rings is 1. The molecule has 5 N–H and O–H groups in total. The number of aromatic nitrogens is 1.